The Kier molecular flexibility index (Phi) is 23.7. The van der Waals surface area contributed by atoms with Gasteiger partial charge in [-0.25, -0.2) is 9.29 Å². The molecule has 3 atom stereocenters. The monoisotopic (exact) mass is 928 g/mol. The first-order chi connectivity index (χ1) is 28.6. The lowest BCUT2D eigenvalue weighted by atomic mass is 9.89. The van der Waals surface area contributed by atoms with Crippen molar-refractivity contribution in [3.63, 3.8) is 0 Å². The second kappa shape index (κ2) is 25.3. The van der Waals surface area contributed by atoms with Crippen molar-refractivity contribution in [3.8, 4) is 0 Å². The van der Waals surface area contributed by atoms with Crippen LogP contribution in [0.2, 0.25) is 0 Å². The van der Waals surface area contributed by atoms with Gasteiger partial charge in [0.2, 0.25) is 12.2 Å². The molecule has 5 aliphatic rings. The van der Waals surface area contributed by atoms with Crippen molar-refractivity contribution in [1.29, 1.82) is 0 Å². The van der Waals surface area contributed by atoms with Gasteiger partial charge < -0.3 is 33.5 Å². The van der Waals surface area contributed by atoms with E-state index in [0.29, 0.717) is 19.3 Å². The predicted octanol–water partition coefficient (Wildman–Crippen LogP) is 9.59. The summed E-state index contributed by atoms with van der Waals surface area (Å²) in [7, 11) is 0.185. The second-order valence-corrected chi connectivity index (χ2v) is 26.5. The fourth-order valence-corrected chi connectivity index (χ4v) is 9.37. The number of ether oxygens (including phenoxy) is 5. The number of rotatable bonds is 0. The van der Waals surface area contributed by atoms with Gasteiger partial charge in [-0.15, -0.1) is 11.3 Å². The Morgan fingerprint density at radius 3 is 1.59 bits per heavy atom. The van der Waals surface area contributed by atoms with Crippen LogP contribution in [-0.4, -0.2) is 144 Å². The molecule has 63 heavy (non-hydrogen) atoms. The highest BCUT2D eigenvalue weighted by Crippen LogP contribution is 2.30. The Balaban J connectivity index is 0.000000379. The molecule has 5 aliphatic heterocycles. The summed E-state index contributed by atoms with van der Waals surface area (Å²) in [5, 5.41) is 3.23. The highest BCUT2D eigenvalue weighted by atomic mass is 32.2. The van der Waals surface area contributed by atoms with E-state index in [9.17, 15) is 9.00 Å². The Labute approximate surface area is 390 Å². The van der Waals surface area contributed by atoms with Crippen molar-refractivity contribution in [2.75, 3.05) is 78.5 Å². The summed E-state index contributed by atoms with van der Waals surface area (Å²) in [6, 6.07) is 0. The molecule has 12 nitrogen and oxygen atoms in total. The third kappa shape index (κ3) is 23.4. The van der Waals surface area contributed by atoms with E-state index in [2.05, 4.69) is 138 Å². The summed E-state index contributed by atoms with van der Waals surface area (Å²) in [5.41, 5.74) is 0.428. The molecule has 1 amide bonds. The number of aliphatic imine (C=N–C) groups is 1. The Hall–Kier alpha value is -1.91. The molecule has 0 radical (unpaired) electrons. The molecule has 0 N–H and O–H groups in total. The van der Waals surface area contributed by atoms with Gasteiger partial charge in [-0.3, -0.25) is 14.0 Å². The fraction of sp³-hybridized carbons (Fsp3) is 0.837. The molecule has 0 aromatic carbocycles. The molecule has 6 heterocycles. The Morgan fingerprint density at radius 1 is 0.762 bits per heavy atom. The summed E-state index contributed by atoms with van der Waals surface area (Å²) in [6.07, 6.45) is 5.94. The highest BCUT2D eigenvalue weighted by molar-refractivity contribution is 7.98. The SMILES string of the molecule is C=C1COC(C(C)(C)C)O1.C=S1(=O)CCCN1C(C)(C)C.CC(C)(C)C1CN=CCO1.CC(C)(C)C1OCCCO1.CC(C)(C)c1nccs1.CN1CCN(C(=O)C(C)(C)C)CC1. The maximum absolute atomic E-state index is 11.8. The molecule has 14 heteroatoms. The molecule has 0 saturated carbocycles. The quantitative estimate of drug-likeness (QED) is 0.235. The number of hydrogen-bond donors (Lipinski definition) is 0. The van der Waals surface area contributed by atoms with Gasteiger partial charge in [-0.1, -0.05) is 110 Å². The number of amides is 1. The number of hydrogen-bond acceptors (Lipinski definition) is 11. The van der Waals surface area contributed by atoms with Crippen LogP contribution < -0.4 is 0 Å². The lowest BCUT2D eigenvalue weighted by Gasteiger charge is -2.36. The van der Waals surface area contributed by atoms with Crippen LogP contribution in [0, 0.1) is 21.7 Å². The van der Waals surface area contributed by atoms with Gasteiger partial charge >= 0.3 is 0 Å². The number of carbonyl (C=O) groups excluding carboxylic acids is 1. The van der Waals surface area contributed by atoms with Gasteiger partial charge in [-0.2, -0.15) is 0 Å². The minimum atomic E-state index is -1.91. The van der Waals surface area contributed by atoms with Crippen molar-refractivity contribution >= 4 is 39.0 Å². The minimum Gasteiger partial charge on any atom is -0.467 e. The average molecular weight is 928 g/mol. The summed E-state index contributed by atoms with van der Waals surface area (Å²) in [6.45, 7) is 50.0. The zero-order chi connectivity index (χ0) is 48.7. The predicted molar refractivity (Wildman–Crippen MR) is 267 cm³/mol. The molecule has 3 unspecified atom stereocenters. The second-order valence-electron chi connectivity index (χ2n) is 23.2. The number of likely N-dealkylation sites (N-methyl/N-ethyl adjacent to an activating group) is 1. The minimum absolute atomic E-state index is 0.00116. The summed E-state index contributed by atoms with van der Waals surface area (Å²) >= 11 is 1.72. The van der Waals surface area contributed by atoms with Gasteiger partial charge in [0.15, 0.2) is 6.29 Å². The third-order valence-corrected chi connectivity index (χ3v) is 13.8. The van der Waals surface area contributed by atoms with E-state index >= 15 is 0 Å². The van der Waals surface area contributed by atoms with Gasteiger partial charge in [0.25, 0.3) is 0 Å². The Bertz CT molecular complexity index is 1580. The first-order valence-corrected chi connectivity index (χ1v) is 25.6. The third-order valence-electron chi connectivity index (χ3n) is 10.1. The standard InChI is InChI=1S/C10H20N2O.C8H17NOS.C8H15NO.C8H14O2.C8H16O2.C7H11NS/c1-10(2,3)9(13)12-7-5-11(4)6-8-12;1-8(2,3)9-6-5-7-11(9,4)10;1-8(2,3)7-6-9-4-5-10-7;1-6-5-9-7(10-6)8(2,3)4;1-8(2,3)7-9-5-4-6-10-7;1-7(2,3)6-8-4-5-9-6/h5-8H2,1-4H3;4-7H2,1-3H3;4,7H,5-6H2,1-3H3;7H,1,5H2,2-4H3;7H,4-6H2,1-3H3;4-5H,1-3H3. The highest BCUT2D eigenvalue weighted by Gasteiger charge is 2.34. The van der Waals surface area contributed by atoms with E-state index in [1.807, 2.05) is 47.8 Å². The van der Waals surface area contributed by atoms with Crippen molar-refractivity contribution in [3.05, 3.63) is 28.9 Å². The van der Waals surface area contributed by atoms with Gasteiger partial charge in [0, 0.05) is 93.2 Å². The summed E-state index contributed by atoms with van der Waals surface area (Å²) in [4.78, 5) is 24.4. The van der Waals surface area contributed by atoms with E-state index in [1.165, 1.54) is 5.01 Å². The maximum Gasteiger partial charge on any atom is 0.228 e. The van der Waals surface area contributed by atoms with Gasteiger partial charge in [0.05, 0.1) is 37.5 Å². The number of thiazole rings is 1. The number of carbonyl (C=O) groups is 1. The lowest BCUT2D eigenvalue weighted by molar-refractivity contribution is -0.224. The van der Waals surface area contributed by atoms with Crippen molar-refractivity contribution < 1.29 is 32.7 Å². The smallest absolute Gasteiger partial charge is 0.228 e. The van der Waals surface area contributed by atoms with Crippen LogP contribution >= 0.6 is 11.3 Å². The van der Waals surface area contributed by atoms with Crippen LogP contribution in [0.3, 0.4) is 0 Å². The van der Waals surface area contributed by atoms with Crippen molar-refractivity contribution in [2.45, 2.75) is 167 Å². The van der Waals surface area contributed by atoms with Crippen molar-refractivity contribution in [2.24, 2.45) is 26.7 Å². The molecular formula is C49H93N5O7S2. The first-order valence-electron chi connectivity index (χ1n) is 22.9. The van der Waals surface area contributed by atoms with E-state index in [0.717, 1.165) is 76.8 Å². The molecule has 0 spiro atoms. The molecular weight excluding hydrogens is 835 g/mol. The van der Waals surface area contributed by atoms with Crippen LogP contribution in [0.5, 0.6) is 0 Å². The first kappa shape index (κ1) is 59.1. The van der Waals surface area contributed by atoms with E-state index in [-0.39, 0.29) is 51.1 Å². The molecule has 4 fully saturated rings. The molecule has 6 rings (SSSR count). The number of nitrogens with zero attached hydrogens (tertiary/aromatic N) is 5. The molecule has 1 aromatic heterocycles. The van der Waals surface area contributed by atoms with Crippen LogP contribution in [0.15, 0.2) is 28.9 Å². The zero-order valence-electron chi connectivity index (χ0n) is 43.5. The normalized spacial score (nSPS) is 24.1. The summed E-state index contributed by atoms with van der Waals surface area (Å²) < 4.78 is 40.8. The van der Waals surface area contributed by atoms with Crippen LogP contribution in [0.4, 0.5) is 0 Å². The lowest BCUT2D eigenvalue weighted by Crippen LogP contribution is -2.50. The van der Waals surface area contributed by atoms with E-state index < -0.39 is 9.71 Å². The van der Waals surface area contributed by atoms with Crippen LogP contribution in [-0.2, 0) is 43.6 Å². The Morgan fingerprint density at radius 2 is 1.32 bits per heavy atom. The fourth-order valence-electron chi connectivity index (χ4n) is 6.38. The van der Waals surface area contributed by atoms with E-state index in [1.54, 1.807) is 11.3 Å². The zero-order valence-corrected chi connectivity index (χ0v) is 45.1. The largest absolute Gasteiger partial charge is 0.467 e. The summed E-state index contributed by atoms with van der Waals surface area (Å²) in [5.74, 6) is 5.55. The topological polar surface area (TPSA) is 115 Å². The average Bonchev–Trinajstić information content (AvgIpc) is 3.94. The molecule has 0 bridgehead atoms. The number of piperazine rings is 1. The number of aromatic nitrogens is 1. The van der Waals surface area contributed by atoms with Gasteiger partial charge in [0.1, 0.15) is 12.4 Å². The van der Waals surface area contributed by atoms with Crippen LogP contribution in [0.25, 0.3) is 0 Å². The molecule has 368 valence electrons. The molecule has 0 aliphatic carbocycles. The maximum atomic E-state index is 11.8. The van der Waals surface area contributed by atoms with Crippen molar-refractivity contribution in [1.82, 2.24) is 19.1 Å². The molecule has 1 aromatic rings. The van der Waals surface area contributed by atoms with Gasteiger partial charge in [-0.05, 0) is 51.9 Å². The van der Waals surface area contributed by atoms with Crippen LogP contribution in [0.1, 0.15) is 142 Å². The van der Waals surface area contributed by atoms with E-state index in [4.69, 9.17) is 23.7 Å². The molecule has 4 saturated heterocycles.